The average molecular weight is 347 g/mol. The molecule has 1 aromatic carbocycles. The molecule has 0 fully saturated rings. The number of benzene rings is 1. The van der Waals surface area contributed by atoms with E-state index in [1.165, 1.54) is 0 Å². The van der Waals surface area contributed by atoms with Gasteiger partial charge in [-0.15, -0.1) is 5.54 Å². The lowest BCUT2D eigenvalue weighted by Crippen LogP contribution is -2.50. The van der Waals surface area contributed by atoms with E-state index in [0.29, 0.717) is 16.6 Å². The molecule has 1 rings (SSSR count). The number of hydrogen-bond acceptors (Lipinski definition) is 1. The Morgan fingerprint density at radius 2 is 1.22 bits per heavy atom. The molecule has 0 amide bonds. The number of rotatable bonds is 5. The first kappa shape index (κ1) is 20.1. The summed E-state index contributed by atoms with van der Waals surface area (Å²) in [6.07, 6.45) is 0. The maximum atomic E-state index is 6.69. The highest BCUT2D eigenvalue weighted by atomic mass is 28.4. The molecule has 0 heterocycles. The van der Waals surface area contributed by atoms with Crippen molar-refractivity contribution >= 4 is 16.4 Å². The first-order valence-electron chi connectivity index (χ1n) is 8.81. The van der Waals surface area contributed by atoms with Gasteiger partial charge in [-0.3, -0.25) is 0 Å². The normalized spacial score (nSPS) is 12.5. The van der Waals surface area contributed by atoms with Crippen LogP contribution in [0.4, 0.5) is 0 Å². The fourth-order valence-electron chi connectivity index (χ4n) is 3.42. The first-order chi connectivity index (χ1) is 10.5. The Kier molecular flexibility index (Phi) is 6.74. The highest BCUT2D eigenvalue weighted by molar-refractivity contribution is 6.83. The van der Waals surface area contributed by atoms with Gasteiger partial charge in [0.15, 0.2) is 0 Å². The number of hydrogen-bond donors (Lipinski definition) is 0. The molecule has 0 saturated carbocycles. The summed E-state index contributed by atoms with van der Waals surface area (Å²) in [6, 6.07) is 8.40. The van der Waals surface area contributed by atoms with Crippen LogP contribution in [0.25, 0.3) is 0 Å². The van der Waals surface area contributed by atoms with Crippen LogP contribution in [-0.2, 0) is 0 Å². The van der Waals surface area contributed by atoms with Gasteiger partial charge in [0.1, 0.15) is 13.8 Å². The fourth-order valence-corrected chi connectivity index (χ4v) is 9.19. The maximum absolute atomic E-state index is 6.69. The lowest BCUT2D eigenvalue weighted by atomic mass is 10.2. The SMILES string of the molecule is CC(C)[Si](Oc1ccc(C#C[Si](C)(C)C)cc1)(C(C)C)C(C)C. The molecule has 0 spiro atoms. The van der Waals surface area contributed by atoms with Gasteiger partial charge in [0.25, 0.3) is 8.32 Å². The van der Waals surface area contributed by atoms with E-state index in [9.17, 15) is 0 Å². The Balaban J connectivity index is 3.05. The summed E-state index contributed by atoms with van der Waals surface area (Å²) in [6.45, 7) is 20.7. The van der Waals surface area contributed by atoms with Gasteiger partial charge >= 0.3 is 0 Å². The molecule has 0 aliphatic heterocycles. The summed E-state index contributed by atoms with van der Waals surface area (Å²) in [4.78, 5) is 0. The van der Waals surface area contributed by atoms with Crippen molar-refractivity contribution in [3.8, 4) is 17.2 Å². The summed E-state index contributed by atoms with van der Waals surface area (Å²) in [5.74, 6) is 4.32. The van der Waals surface area contributed by atoms with Crippen molar-refractivity contribution < 1.29 is 4.43 Å². The standard InChI is InChI=1S/C20H34OSi2/c1-16(2)23(17(3)4,18(5)6)21-20-12-10-19(11-13-20)14-15-22(7,8)9/h10-13,16-18H,1-9H3. The summed E-state index contributed by atoms with van der Waals surface area (Å²) in [5.41, 5.74) is 6.28. The molecule has 0 radical (unpaired) electrons. The summed E-state index contributed by atoms with van der Waals surface area (Å²) >= 11 is 0. The van der Waals surface area contributed by atoms with Crippen molar-refractivity contribution in [1.29, 1.82) is 0 Å². The maximum Gasteiger partial charge on any atom is 0.258 e. The second-order valence-corrected chi connectivity index (χ2v) is 18.6. The van der Waals surface area contributed by atoms with Crippen LogP contribution < -0.4 is 4.43 Å². The van der Waals surface area contributed by atoms with Crippen LogP contribution in [0.1, 0.15) is 47.1 Å². The van der Waals surface area contributed by atoms with E-state index in [1.54, 1.807) is 0 Å². The molecule has 0 aliphatic rings. The predicted molar refractivity (Wildman–Crippen MR) is 108 cm³/mol. The Morgan fingerprint density at radius 1 is 0.783 bits per heavy atom. The molecule has 1 aromatic rings. The topological polar surface area (TPSA) is 9.23 Å². The van der Waals surface area contributed by atoms with E-state index >= 15 is 0 Å². The summed E-state index contributed by atoms with van der Waals surface area (Å²) in [5, 5.41) is 0. The third-order valence-corrected chi connectivity index (χ3v) is 11.3. The van der Waals surface area contributed by atoms with E-state index in [1.807, 2.05) is 0 Å². The summed E-state index contributed by atoms with van der Waals surface area (Å²) < 4.78 is 6.69. The Labute approximate surface area is 146 Å². The molecular weight excluding hydrogens is 312 g/mol. The lowest BCUT2D eigenvalue weighted by Gasteiger charge is -2.42. The van der Waals surface area contributed by atoms with Crippen molar-refractivity contribution in [3.63, 3.8) is 0 Å². The van der Waals surface area contributed by atoms with Crippen molar-refractivity contribution in [2.45, 2.75) is 77.8 Å². The quantitative estimate of drug-likeness (QED) is 0.438. The van der Waals surface area contributed by atoms with Crippen LogP contribution in [-0.4, -0.2) is 16.4 Å². The van der Waals surface area contributed by atoms with Gasteiger partial charge in [-0.05, 0) is 40.9 Å². The molecule has 3 heteroatoms. The second-order valence-electron chi connectivity index (χ2n) is 8.44. The highest BCUT2D eigenvalue weighted by Gasteiger charge is 2.46. The van der Waals surface area contributed by atoms with Crippen LogP contribution in [0.15, 0.2) is 24.3 Å². The van der Waals surface area contributed by atoms with Crippen LogP contribution in [0.5, 0.6) is 5.75 Å². The van der Waals surface area contributed by atoms with Crippen LogP contribution >= 0.6 is 0 Å². The zero-order valence-corrected chi connectivity index (χ0v) is 18.4. The molecule has 0 unspecified atom stereocenters. The largest absolute Gasteiger partial charge is 0.543 e. The average Bonchev–Trinajstić information content (AvgIpc) is 2.41. The molecule has 0 atom stereocenters. The van der Waals surface area contributed by atoms with Crippen LogP contribution in [0.2, 0.25) is 36.3 Å². The Morgan fingerprint density at radius 3 is 1.57 bits per heavy atom. The molecule has 0 aliphatic carbocycles. The summed E-state index contributed by atoms with van der Waals surface area (Å²) in [7, 11) is -3.19. The Hall–Kier alpha value is -0.986. The van der Waals surface area contributed by atoms with Gasteiger partial charge in [-0.25, -0.2) is 0 Å². The fraction of sp³-hybridized carbons (Fsp3) is 0.600. The molecule has 0 N–H and O–H groups in total. The molecule has 0 bridgehead atoms. The van der Waals surface area contributed by atoms with E-state index in [2.05, 4.69) is 96.9 Å². The van der Waals surface area contributed by atoms with Crippen LogP contribution in [0, 0.1) is 11.5 Å². The van der Waals surface area contributed by atoms with Gasteiger partial charge in [0.2, 0.25) is 0 Å². The Bertz CT molecular complexity index is 532. The zero-order valence-electron chi connectivity index (χ0n) is 16.4. The third kappa shape index (κ3) is 5.26. The van der Waals surface area contributed by atoms with Gasteiger partial charge < -0.3 is 4.43 Å². The van der Waals surface area contributed by atoms with Gasteiger partial charge in [0.05, 0.1) is 0 Å². The van der Waals surface area contributed by atoms with Gasteiger partial charge in [-0.2, -0.15) is 0 Å². The zero-order chi connectivity index (χ0) is 17.8. The van der Waals surface area contributed by atoms with Crippen molar-refractivity contribution in [3.05, 3.63) is 29.8 Å². The van der Waals surface area contributed by atoms with Gasteiger partial charge in [0, 0.05) is 5.56 Å². The minimum atomic E-state index is -1.86. The van der Waals surface area contributed by atoms with Crippen LogP contribution in [0.3, 0.4) is 0 Å². The predicted octanol–water partition coefficient (Wildman–Crippen LogP) is 6.47. The molecule has 0 saturated heterocycles. The van der Waals surface area contributed by atoms with Crippen molar-refractivity contribution in [1.82, 2.24) is 0 Å². The minimum absolute atomic E-state index is 0.592. The van der Waals surface area contributed by atoms with E-state index in [0.717, 1.165) is 11.3 Å². The molecule has 0 aromatic heterocycles. The minimum Gasteiger partial charge on any atom is -0.543 e. The van der Waals surface area contributed by atoms with Crippen molar-refractivity contribution in [2.24, 2.45) is 0 Å². The first-order valence-corrected chi connectivity index (χ1v) is 14.5. The third-order valence-electron chi connectivity index (χ3n) is 4.44. The van der Waals surface area contributed by atoms with E-state index in [4.69, 9.17) is 4.43 Å². The smallest absolute Gasteiger partial charge is 0.258 e. The lowest BCUT2D eigenvalue weighted by molar-refractivity contribution is 0.480. The molecule has 1 nitrogen and oxygen atoms in total. The monoisotopic (exact) mass is 346 g/mol. The second kappa shape index (κ2) is 7.72. The van der Waals surface area contributed by atoms with E-state index < -0.39 is 16.4 Å². The van der Waals surface area contributed by atoms with Crippen molar-refractivity contribution in [2.75, 3.05) is 0 Å². The van der Waals surface area contributed by atoms with Gasteiger partial charge in [-0.1, -0.05) is 67.1 Å². The van der Waals surface area contributed by atoms with E-state index in [-0.39, 0.29) is 0 Å². The molecular formula is C20H34OSi2. The molecule has 23 heavy (non-hydrogen) atoms. The molecule has 128 valence electrons. The highest BCUT2D eigenvalue weighted by Crippen LogP contribution is 2.42.